The van der Waals surface area contributed by atoms with Gasteiger partial charge < -0.3 is 30.0 Å². The normalized spacial score (nSPS) is 31.1. The number of carbonyl (C=O) groups excluding carboxylic acids is 3. The van der Waals surface area contributed by atoms with Gasteiger partial charge in [0.05, 0.1) is 17.6 Å². The van der Waals surface area contributed by atoms with E-state index < -0.39 is 36.7 Å². The fourth-order valence-electron chi connectivity index (χ4n) is 5.93. The predicted molar refractivity (Wildman–Crippen MR) is 129 cm³/mol. The third-order valence-electron chi connectivity index (χ3n) is 7.76. The highest BCUT2D eigenvalue weighted by molar-refractivity contribution is 6.47. The van der Waals surface area contributed by atoms with E-state index in [1.165, 1.54) is 0 Å². The zero-order chi connectivity index (χ0) is 25.5. The van der Waals surface area contributed by atoms with E-state index in [2.05, 4.69) is 50.6 Å². The van der Waals surface area contributed by atoms with Crippen molar-refractivity contribution in [2.75, 3.05) is 6.54 Å². The van der Waals surface area contributed by atoms with Crippen LogP contribution in [0.3, 0.4) is 0 Å². The molecule has 1 saturated heterocycles. The Morgan fingerprint density at radius 2 is 1.85 bits per heavy atom. The van der Waals surface area contributed by atoms with Crippen molar-refractivity contribution in [2.24, 2.45) is 23.2 Å². The molecule has 3 amide bonds. The Hall–Kier alpha value is -1.81. The van der Waals surface area contributed by atoms with Gasteiger partial charge in [-0.05, 0) is 70.1 Å². The van der Waals surface area contributed by atoms with Crippen LogP contribution < -0.4 is 16.0 Å². The summed E-state index contributed by atoms with van der Waals surface area (Å²) in [5.74, 6) is 0.510. The molecule has 2 bridgehead atoms. The summed E-state index contributed by atoms with van der Waals surface area (Å²) in [7, 11) is -0.572. The Balaban J connectivity index is 1.71. The number of alkyl carbamates (subject to hydrolysis) is 1. The van der Waals surface area contributed by atoms with Gasteiger partial charge in [-0.2, -0.15) is 0 Å². The minimum atomic E-state index is -0.999. The van der Waals surface area contributed by atoms with Gasteiger partial charge in [0.2, 0.25) is 12.3 Å². The highest BCUT2D eigenvalue weighted by Crippen LogP contribution is 2.65. The fraction of sp³-hybridized carbons (Fsp3) is 0.875. The van der Waals surface area contributed by atoms with Crippen LogP contribution in [0.1, 0.15) is 74.7 Å². The Labute approximate surface area is 203 Å². The van der Waals surface area contributed by atoms with E-state index in [9.17, 15) is 14.4 Å². The maximum absolute atomic E-state index is 13.2. The van der Waals surface area contributed by atoms with Crippen LogP contribution in [0, 0.1) is 23.2 Å². The fourth-order valence-corrected chi connectivity index (χ4v) is 5.93. The van der Waals surface area contributed by atoms with Crippen LogP contribution in [0.25, 0.3) is 0 Å². The lowest BCUT2D eigenvalue weighted by atomic mass is 9.43. The predicted octanol–water partition coefficient (Wildman–Crippen LogP) is 2.42. The topological polar surface area (TPSA) is 115 Å². The van der Waals surface area contributed by atoms with Gasteiger partial charge in [-0.25, -0.2) is 4.79 Å². The van der Waals surface area contributed by atoms with E-state index in [1.54, 1.807) is 20.8 Å². The molecule has 0 aromatic carbocycles. The highest BCUT2D eigenvalue weighted by Gasteiger charge is 2.68. The second-order valence-electron chi connectivity index (χ2n) is 12.3. The molecule has 192 valence electrons. The average Bonchev–Trinajstić information content (AvgIpc) is 3.05. The summed E-state index contributed by atoms with van der Waals surface area (Å²) >= 11 is 0. The number of nitrogens with one attached hydrogen (secondary N) is 3. The molecule has 4 aliphatic rings. The van der Waals surface area contributed by atoms with Crippen LogP contribution in [0.15, 0.2) is 0 Å². The molecule has 10 heteroatoms. The van der Waals surface area contributed by atoms with Gasteiger partial charge in [0, 0.05) is 6.54 Å². The van der Waals surface area contributed by atoms with Crippen LogP contribution in [0.2, 0.25) is 0 Å². The number of hydrogen-bond acceptors (Lipinski definition) is 6. The minimum absolute atomic E-state index is 0.00764. The lowest BCUT2D eigenvalue weighted by molar-refractivity contribution is -0.199. The third kappa shape index (κ3) is 5.53. The molecular formula is C24H42BN3O6. The standard InChI is InChI=1S/C24H42BN3O6/c1-14(2)9-19(25-33-18-11-15-10-17(23(15,6)7)24(18,8)34-25)28-20(30)16(12-26-13-29)27-21(31)32-22(3,4)5/h13-19H,9-12H2,1-8H3,(H,26,29)(H,27,31)(H,28,30)/t15-,16-,17-,18+,19?,24-/m0/s1. The first-order chi connectivity index (χ1) is 15.7. The quantitative estimate of drug-likeness (QED) is 0.346. The maximum Gasteiger partial charge on any atom is 0.481 e. The smallest absolute Gasteiger partial charge is 0.444 e. The van der Waals surface area contributed by atoms with E-state index in [0.29, 0.717) is 24.7 Å². The van der Waals surface area contributed by atoms with Crippen molar-refractivity contribution in [3.63, 3.8) is 0 Å². The molecule has 4 rings (SSSR count). The van der Waals surface area contributed by atoms with Crippen molar-refractivity contribution < 1.29 is 28.4 Å². The second kappa shape index (κ2) is 9.68. The molecule has 0 aromatic heterocycles. The van der Waals surface area contributed by atoms with Crippen molar-refractivity contribution in [1.82, 2.24) is 16.0 Å². The van der Waals surface area contributed by atoms with Gasteiger partial charge in [0.25, 0.3) is 0 Å². The number of carbonyl (C=O) groups is 3. The Kier molecular flexibility index (Phi) is 7.63. The molecule has 3 aliphatic carbocycles. The van der Waals surface area contributed by atoms with E-state index in [1.807, 2.05) is 0 Å². The van der Waals surface area contributed by atoms with Crippen molar-refractivity contribution in [3.8, 4) is 0 Å². The van der Waals surface area contributed by atoms with Gasteiger partial charge in [-0.1, -0.05) is 27.7 Å². The van der Waals surface area contributed by atoms with Gasteiger partial charge in [-0.3, -0.25) is 9.59 Å². The maximum atomic E-state index is 13.2. The molecule has 0 spiro atoms. The summed E-state index contributed by atoms with van der Waals surface area (Å²) in [6.07, 6.45) is 2.53. The first-order valence-corrected chi connectivity index (χ1v) is 12.5. The first-order valence-electron chi connectivity index (χ1n) is 12.5. The van der Waals surface area contributed by atoms with Gasteiger partial charge in [0.15, 0.2) is 0 Å². The molecule has 9 nitrogen and oxygen atoms in total. The van der Waals surface area contributed by atoms with Crippen molar-refractivity contribution in [3.05, 3.63) is 0 Å². The van der Waals surface area contributed by atoms with Crippen molar-refractivity contribution >= 4 is 25.5 Å². The highest BCUT2D eigenvalue weighted by atomic mass is 16.7. The van der Waals surface area contributed by atoms with Gasteiger partial charge in [0.1, 0.15) is 11.6 Å². The molecule has 1 unspecified atom stereocenters. The summed E-state index contributed by atoms with van der Waals surface area (Å²) < 4.78 is 18.3. The summed E-state index contributed by atoms with van der Waals surface area (Å²) in [5, 5.41) is 8.07. The lowest BCUT2D eigenvalue weighted by Crippen LogP contribution is -2.65. The van der Waals surface area contributed by atoms with Crippen molar-refractivity contribution in [2.45, 2.75) is 104 Å². The van der Waals surface area contributed by atoms with Crippen LogP contribution in [-0.4, -0.2) is 61.4 Å². The average molecular weight is 479 g/mol. The molecule has 4 fully saturated rings. The number of ether oxygens (including phenoxy) is 1. The molecule has 1 aliphatic heterocycles. The Morgan fingerprint density at radius 1 is 1.18 bits per heavy atom. The second-order valence-corrected chi connectivity index (χ2v) is 12.3. The summed E-state index contributed by atoms with van der Waals surface area (Å²) in [4.78, 5) is 36.4. The van der Waals surface area contributed by atoms with Crippen LogP contribution in [0.5, 0.6) is 0 Å². The number of hydrogen-bond donors (Lipinski definition) is 3. The first kappa shape index (κ1) is 26.8. The molecule has 3 N–H and O–H groups in total. The van der Waals surface area contributed by atoms with Gasteiger partial charge >= 0.3 is 13.2 Å². The zero-order valence-electron chi connectivity index (χ0n) is 21.9. The Morgan fingerprint density at radius 3 is 2.41 bits per heavy atom. The monoisotopic (exact) mass is 479 g/mol. The summed E-state index contributed by atoms with van der Waals surface area (Å²) in [5.41, 5.74) is -0.867. The minimum Gasteiger partial charge on any atom is -0.444 e. The Bertz CT molecular complexity index is 785. The third-order valence-corrected chi connectivity index (χ3v) is 7.76. The SMILES string of the molecule is CC(C)CC(NC(=O)[C@H](CNC=O)NC(=O)OC(C)(C)C)B1O[C@@H]2C[C@@H]3C[C@@H](C3(C)C)[C@]2(C)O1. The molecule has 34 heavy (non-hydrogen) atoms. The van der Waals surface area contributed by atoms with Crippen molar-refractivity contribution in [1.29, 1.82) is 0 Å². The van der Waals surface area contributed by atoms with E-state index >= 15 is 0 Å². The molecular weight excluding hydrogens is 437 g/mol. The van der Waals surface area contributed by atoms with Crippen LogP contribution >= 0.6 is 0 Å². The van der Waals surface area contributed by atoms with E-state index in [4.69, 9.17) is 14.0 Å². The molecule has 0 aromatic rings. The van der Waals surface area contributed by atoms with Gasteiger partial charge in [-0.15, -0.1) is 0 Å². The summed E-state index contributed by atoms with van der Waals surface area (Å²) in [6.45, 7) is 16.1. The molecule has 3 saturated carbocycles. The molecule has 1 heterocycles. The van der Waals surface area contributed by atoms with E-state index in [-0.39, 0.29) is 29.6 Å². The summed E-state index contributed by atoms with van der Waals surface area (Å²) in [6, 6.07) is -0.999. The largest absolute Gasteiger partial charge is 0.481 e. The van der Waals surface area contributed by atoms with Crippen LogP contribution in [-0.2, 0) is 23.6 Å². The lowest BCUT2D eigenvalue weighted by Gasteiger charge is -2.64. The number of rotatable bonds is 9. The number of amides is 3. The zero-order valence-corrected chi connectivity index (χ0v) is 21.9. The molecule has 6 atom stereocenters. The van der Waals surface area contributed by atoms with E-state index in [0.717, 1.165) is 12.8 Å². The molecule has 0 radical (unpaired) electrons. The van der Waals surface area contributed by atoms with Crippen LogP contribution in [0.4, 0.5) is 4.79 Å².